The first-order valence-corrected chi connectivity index (χ1v) is 6.49. The van der Waals surface area contributed by atoms with Crippen LogP contribution >= 0.6 is 0 Å². The molecular formula is C12H18N2OS. The molecule has 1 aromatic rings. The van der Waals surface area contributed by atoms with E-state index in [9.17, 15) is 4.55 Å². The van der Waals surface area contributed by atoms with Crippen molar-refractivity contribution in [2.75, 3.05) is 0 Å². The highest BCUT2D eigenvalue weighted by Gasteiger charge is 2.35. The topological polar surface area (TPSA) is 62.0 Å². The monoisotopic (exact) mass is 238 g/mol. The van der Waals surface area contributed by atoms with Gasteiger partial charge in [-0.15, -0.1) is 0 Å². The lowest BCUT2D eigenvalue weighted by Gasteiger charge is -2.27. The quantitative estimate of drug-likeness (QED) is 0.818. The lowest BCUT2D eigenvalue weighted by molar-refractivity contribution is 0.575. The van der Waals surface area contributed by atoms with Gasteiger partial charge in [-0.25, -0.2) is 0 Å². The van der Waals surface area contributed by atoms with Gasteiger partial charge < -0.3 is 4.55 Å². The van der Waals surface area contributed by atoms with Gasteiger partial charge in [0.25, 0.3) is 0 Å². The zero-order chi connectivity index (χ0) is 12.2. The van der Waals surface area contributed by atoms with Gasteiger partial charge in [0.1, 0.15) is 0 Å². The van der Waals surface area contributed by atoms with Crippen molar-refractivity contribution < 1.29 is 4.55 Å². The standard InChI is InChI=1S/C12H18N2OS/c1-4-7-10(12(2,3)16(13)15)11-8-5-6-9-14-11/h5-9H,4,13H2,1-3H3/b10-7-. The van der Waals surface area contributed by atoms with Crippen LogP contribution in [0.3, 0.4) is 0 Å². The van der Waals surface area contributed by atoms with Crippen LogP contribution in [0.5, 0.6) is 0 Å². The minimum absolute atomic E-state index is 0.579. The molecule has 0 spiro atoms. The first-order valence-electron chi connectivity index (χ1n) is 5.28. The van der Waals surface area contributed by atoms with Crippen molar-refractivity contribution in [2.24, 2.45) is 5.14 Å². The van der Waals surface area contributed by atoms with E-state index in [1.165, 1.54) is 0 Å². The molecule has 0 aliphatic rings. The fraction of sp³-hybridized carbons (Fsp3) is 0.417. The Morgan fingerprint density at radius 1 is 1.56 bits per heavy atom. The molecule has 0 saturated heterocycles. The lowest BCUT2D eigenvalue weighted by Crippen LogP contribution is -2.39. The van der Waals surface area contributed by atoms with Crippen LogP contribution in [-0.4, -0.2) is 14.3 Å². The van der Waals surface area contributed by atoms with Crippen molar-refractivity contribution >= 4 is 16.9 Å². The molecular weight excluding hydrogens is 220 g/mol. The summed E-state index contributed by atoms with van der Waals surface area (Å²) in [7, 11) is 0. The summed E-state index contributed by atoms with van der Waals surface area (Å²) in [5.41, 5.74) is 1.78. The van der Waals surface area contributed by atoms with E-state index in [0.29, 0.717) is 0 Å². The first kappa shape index (κ1) is 13.2. The average Bonchev–Trinajstić information content (AvgIpc) is 2.26. The predicted molar refractivity (Wildman–Crippen MR) is 68.9 cm³/mol. The maximum atomic E-state index is 11.6. The second-order valence-corrected chi connectivity index (χ2v) is 5.66. The molecule has 0 fully saturated rings. The maximum absolute atomic E-state index is 11.6. The molecule has 3 nitrogen and oxygen atoms in total. The Labute approximate surface area is 100 Å². The Hall–Kier alpha value is -0.840. The Kier molecular flexibility index (Phi) is 4.53. The number of hydrogen-bond donors (Lipinski definition) is 1. The van der Waals surface area contributed by atoms with E-state index in [2.05, 4.69) is 4.98 Å². The van der Waals surface area contributed by atoms with Crippen LogP contribution in [0.15, 0.2) is 30.5 Å². The molecule has 0 saturated carbocycles. The van der Waals surface area contributed by atoms with Gasteiger partial charge in [-0.2, -0.15) is 5.14 Å². The Bertz CT molecular complexity index is 361. The summed E-state index contributed by atoms with van der Waals surface area (Å²) < 4.78 is 11.0. The molecule has 0 bridgehead atoms. The van der Waals surface area contributed by atoms with Gasteiger partial charge in [0, 0.05) is 23.1 Å². The van der Waals surface area contributed by atoms with Crippen molar-refractivity contribution in [3.05, 3.63) is 36.2 Å². The van der Waals surface area contributed by atoms with E-state index in [4.69, 9.17) is 5.14 Å². The molecule has 0 aliphatic heterocycles. The number of rotatable bonds is 4. The first-order chi connectivity index (χ1) is 7.50. The largest absolute Gasteiger partial charge is 0.598 e. The predicted octanol–water partition coefficient (Wildman–Crippen LogP) is 2.28. The van der Waals surface area contributed by atoms with Crippen molar-refractivity contribution in [1.29, 1.82) is 0 Å². The normalized spacial score (nSPS) is 14.9. The Morgan fingerprint density at radius 2 is 2.25 bits per heavy atom. The highest BCUT2D eigenvalue weighted by atomic mass is 32.2. The SMILES string of the molecule is CC/C=C(/c1ccccn1)C(C)(C)[S+](N)[O-]. The Morgan fingerprint density at radius 3 is 2.69 bits per heavy atom. The molecule has 0 aliphatic carbocycles. The number of nitrogens with zero attached hydrogens (tertiary/aromatic N) is 1. The molecule has 1 heterocycles. The van der Waals surface area contributed by atoms with E-state index in [1.54, 1.807) is 6.20 Å². The van der Waals surface area contributed by atoms with Crippen molar-refractivity contribution in [2.45, 2.75) is 31.9 Å². The molecule has 0 radical (unpaired) electrons. The molecule has 88 valence electrons. The molecule has 1 rings (SSSR count). The third-order valence-electron chi connectivity index (χ3n) is 2.50. The van der Waals surface area contributed by atoms with E-state index < -0.39 is 16.1 Å². The van der Waals surface area contributed by atoms with E-state index in [-0.39, 0.29) is 0 Å². The summed E-state index contributed by atoms with van der Waals surface area (Å²) in [6, 6.07) is 5.69. The average molecular weight is 238 g/mol. The van der Waals surface area contributed by atoms with Crippen LogP contribution in [0.2, 0.25) is 0 Å². The summed E-state index contributed by atoms with van der Waals surface area (Å²) in [5.74, 6) is 0. The molecule has 2 N–H and O–H groups in total. The van der Waals surface area contributed by atoms with Crippen LogP contribution in [0.25, 0.3) is 5.57 Å². The van der Waals surface area contributed by atoms with Gasteiger partial charge in [-0.05, 0) is 32.4 Å². The van der Waals surface area contributed by atoms with Crippen LogP contribution in [0.4, 0.5) is 0 Å². The molecule has 1 aromatic heterocycles. The number of nitrogens with two attached hydrogens (primary N) is 1. The molecule has 1 atom stereocenters. The zero-order valence-corrected chi connectivity index (χ0v) is 10.8. The van der Waals surface area contributed by atoms with Crippen molar-refractivity contribution in [3.63, 3.8) is 0 Å². The second kappa shape index (κ2) is 5.48. The molecule has 16 heavy (non-hydrogen) atoms. The second-order valence-electron chi connectivity index (χ2n) is 4.05. The zero-order valence-electron chi connectivity index (χ0n) is 9.93. The molecule has 4 heteroatoms. The maximum Gasteiger partial charge on any atom is 0.166 e. The van der Waals surface area contributed by atoms with Crippen LogP contribution in [0, 0.1) is 0 Å². The minimum atomic E-state index is -1.42. The summed E-state index contributed by atoms with van der Waals surface area (Å²) in [6.45, 7) is 5.79. The highest BCUT2D eigenvalue weighted by Crippen LogP contribution is 2.31. The van der Waals surface area contributed by atoms with E-state index in [1.807, 2.05) is 45.0 Å². The summed E-state index contributed by atoms with van der Waals surface area (Å²) in [4.78, 5) is 4.29. The highest BCUT2D eigenvalue weighted by molar-refractivity contribution is 7.91. The van der Waals surface area contributed by atoms with E-state index in [0.717, 1.165) is 17.7 Å². The van der Waals surface area contributed by atoms with Crippen molar-refractivity contribution in [3.8, 4) is 0 Å². The lowest BCUT2D eigenvalue weighted by atomic mass is 9.97. The minimum Gasteiger partial charge on any atom is -0.598 e. The molecule has 0 aromatic carbocycles. The van der Waals surface area contributed by atoms with Gasteiger partial charge in [0.2, 0.25) is 0 Å². The summed E-state index contributed by atoms with van der Waals surface area (Å²) in [6.07, 6.45) is 4.63. The smallest absolute Gasteiger partial charge is 0.166 e. The van der Waals surface area contributed by atoms with Crippen molar-refractivity contribution in [1.82, 2.24) is 4.98 Å². The van der Waals surface area contributed by atoms with E-state index >= 15 is 0 Å². The van der Waals surface area contributed by atoms with Crippen LogP contribution < -0.4 is 5.14 Å². The van der Waals surface area contributed by atoms with Crippen LogP contribution in [-0.2, 0) is 11.4 Å². The number of allylic oxidation sites excluding steroid dienone is 1. The summed E-state index contributed by atoms with van der Waals surface area (Å²) >= 11 is -1.42. The summed E-state index contributed by atoms with van der Waals surface area (Å²) in [5, 5.41) is 5.54. The van der Waals surface area contributed by atoms with Gasteiger partial charge >= 0.3 is 0 Å². The van der Waals surface area contributed by atoms with Crippen LogP contribution in [0.1, 0.15) is 32.9 Å². The third-order valence-corrected chi connectivity index (χ3v) is 3.73. The fourth-order valence-electron chi connectivity index (χ4n) is 1.49. The Balaban J connectivity index is 3.17. The molecule has 1 unspecified atom stereocenters. The third kappa shape index (κ3) is 2.84. The number of aromatic nitrogens is 1. The van der Waals surface area contributed by atoms with Gasteiger partial charge in [0.15, 0.2) is 4.75 Å². The number of hydrogen-bond acceptors (Lipinski definition) is 3. The molecule has 0 amide bonds. The van der Waals surface area contributed by atoms with Gasteiger partial charge in [-0.3, -0.25) is 4.98 Å². The van der Waals surface area contributed by atoms with Gasteiger partial charge in [0.05, 0.1) is 5.69 Å². The van der Waals surface area contributed by atoms with Gasteiger partial charge in [-0.1, -0.05) is 19.1 Å². The fourth-order valence-corrected chi connectivity index (χ4v) is 1.90. The number of pyridine rings is 1.